The minimum Gasteiger partial charge on any atom is -0.497 e. The van der Waals surface area contributed by atoms with E-state index in [1.54, 1.807) is 24.8 Å². The van der Waals surface area contributed by atoms with Crippen LogP contribution >= 0.6 is 11.3 Å². The lowest BCUT2D eigenvalue weighted by atomic mass is 10.1. The molecule has 0 unspecified atom stereocenters. The van der Waals surface area contributed by atoms with Crippen LogP contribution in [0.1, 0.15) is 5.76 Å². The fourth-order valence-electron chi connectivity index (χ4n) is 2.68. The van der Waals surface area contributed by atoms with Gasteiger partial charge >= 0.3 is 0 Å². The molecule has 6 nitrogen and oxygen atoms in total. The summed E-state index contributed by atoms with van der Waals surface area (Å²) in [5, 5.41) is 7.23. The van der Waals surface area contributed by atoms with Crippen molar-refractivity contribution in [3.8, 4) is 17.0 Å². The van der Waals surface area contributed by atoms with Crippen LogP contribution in [0, 0.1) is 0 Å². The Bertz CT molecular complexity index is 994. The molecule has 3 aromatic heterocycles. The van der Waals surface area contributed by atoms with Gasteiger partial charge in [-0.2, -0.15) is 0 Å². The van der Waals surface area contributed by atoms with Crippen LogP contribution in [0.15, 0.2) is 52.6 Å². The molecule has 4 aromatic rings. The zero-order chi connectivity index (χ0) is 17.2. The molecule has 25 heavy (non-hydrogen) atoms. The number of aromatic nitrogens is 3. The van der Waals surface area contributed by atoms with Crippen molar-refractivity contribution in [2.45, 2.75) is 6.54 Å². The average Bonchev–Trinajstić information content (AvgIpc) is 3.30. The van der Waals surface area contributed by atoms with Gasteiger partial charge in [0, 0.05) is 18.7 Å². The van der Waals surface area contributed by atoms with E-state index in [9.17, 15) is 0 Å². The minimum atomic E-state index is 0.575. The van der Waals surface area contributed by atoms with Crippen LogP contribution < -0.4 is 9.64 Å². The third kappa shape index (κ3) is 3.06. The van der Waals surface area contributed by atoms with Gasteiger partial charge in [0.1, 0.15) is 28.4 Å². The molecule has 0 bridgehead atoms. The number of ether oxygens (including phenoxy) is 1. The first-order chi connectivity index (χ1) is 12.2. The van der Waals surface area contributed by atoms with Gasteiger partial charge in [-0.3, -0.25) is 0 Å². The standard InChI is InChI=1S/C18H16N4O2S/c1-22(17-15-7-8-25-18(15)20-11-19-17)10-14-9-16(21-24-14)12-3-5-13(23-2)6-4-12/h3-9,11H,10H2,1-2H3. The SMILES string of the molecule is COc1ccc(-c2cc(CN(C)c3ncnc4sccc34)on2)cc1. The summed E-state index contributed by atoms with van der Waals surface area (Å²) in [6.07, 6.45) is 1.59. The predicted molar refractivity (Wildman–Crippen MR) is 98.0 cm³/mol. The van der Waals surface area contributed by atoms with Crippen molar-refractivity contribution in [1.82, 2.24) is 15.1 Å². The number of methoxy groups -OCH3 is 1. The Kier molecular flexibility index (Phi) is 4.07. The van der Waals surface area contributed by atoms with Crippen LogP contribution in [0.25, 0.3) is 21.5 Å². The molecule has 0 radical (unpaired) electrons. The molecule has 0 fully saturated rings. The van der Waals surface area contributed by atoms with Gasteiger partial charge < -0.3 is 14.2 Å². The molecule has 0 aliphatic heterocycles. The van der Waals surface area contributed by atoms with Crippen LogP contribution in [0.2, 0.25) is 0 Å². The molecule has 7 heteroatoms. The van der Waals surface area contributed by atoms with E-state index in [1.807, 2.05) is 53.7 Å². The summed E-state index contributed by atoms with van der Waals surface area (Å²) >= 11 is 1.61. The van der Waals surface area contributed by atoms with Crippen LogP contribution in [0.3, 0.4) is 0 Å². The van der Waals surface area contributed by atoms with Crippen molar-refractivity contribution in [2.24, 2.45) is 0 Å². The van der Waals surface area contributed by atoms with Crippen molar-refractivity contribution < 1.29 is 9.26 Å². The Morgan fingerprint density at radius 3 is 2.80 bits per heavy atom. The number of rotatable bonds is 5. The van der Waals surface area contributed by atoms with Gasteiger partial charge in [0.2, 0.25) is 0 Å². The second kappa shape index (κ2) is 6.52. The Morgan fingerprint density at radius 2 is 2.00 bits per heavy atom. The van der Waals surface area contributed by atoms with Gasteiger partial charge in [0.05, 0.1) is 19.0 Å². The number of hydrogen-bond donors (Lipinski definition) is 0. The fraction of sp³-hybridized carbons (Fsp3) is 0.167. The number of anilines is 1. The number of thiophene rings is 1. The molecule has 0 amide bonds. The summed E-state index contributed by atoms with van der Waals surface area (Å²) in [4.78, 5) is 11.7. The van der Waals surface area contributed by atoms with E-state index in [2.05, 4.69) is 15.1 Å². The molecule has 0 aliphatic carbocycles. The van der Waals surface area contributed by atoms with Crippen molar-refractivity contribution in [1.29, 1.82) is 0 Å². The third-order valence-electron chi connectivity index (χ3n) is 3.94. The van der Waals surface area contributed by atoms with E-state index in [1.165, 1.54) is 0 Å². The van der Waals surface area contributed by atoms with Gasteiger partial charge in [0.15, 0.2) is 5.76 Å². The maximum absolute atomic E-state index is 5.50. The van der Waals surface area contributed by atoms with E-state index >= 15 is 0 Å². The van der Waals surface area contributed by atoms with Gasteiger partial charge in [-0.15, -0.1) is 11.3 Å². The highest BCUT2D eigenvalue weighted by atomic mass is 32.1. The van der Waals surface area contributed by atoms with E-state index in [-0.39, 0.29) is 0 Å². The molecule has 0 N–H and O–H groups in total. The first kappa shape index (κ1) is 15.6. The highest BCUT2D eigenvalue weighted by Gasteiger charge is 2.13. The number of nitrogens with zero attached hydrogens (tertiary/aromatic N) is 4. The quantitative estimate of drug-likeness (QED) is 0.541. The summed E-state index contributed by atoms with van der Waals surface area (Å²) in [5.41, 5.74) is 1.79. The summed E-state index contributed by atoms with van der Waals surface area (Å²) in [5.74, 6) is 2.47. The van der Waals surface area contributed by atoms with Gasteiger partial charge in [-0.05, 0) is 35.7 Å². The van der Waals surface area contributed by atoms with Gasteiger partial charge in [0.25, 0.3) is 0 Å². The monoisotopic (exact) mass is 352 g/mol. The zero-order valence-corrected chi connectivity index (χ0v) is 14.7. The number of fused-ring (bicyclic) bond motifs is 1. The molecule has 126 valence electrons. The fourth-order valence-corrected chi connectivity index (χ4v) is 3.40. The highest BCUT2D eigenvalue weighted by Crippen LogP contribution is 2.28. The largest absolute Gasteiger partial charge is 0.497 e. The Labute approximate surface area is 148 Å². The normalized spacial score (nSPS) is 11.0. The van der Waals surface area contributed by atoms with Crippen LogP contribution in [-0.4, -0.2) is 29.3 Å². The van der Waals surface area contributed by atoms with Crippen molar-refractivity contribution >= 4 is 27.4 Å². The smallest absolute Gasteiger partial charge is 0.156 e. The summed E-state index contributed by atoms with van der Waals surface area (Å²) in [6, 6.07) is 11.7. The number of benzene rings is 1. The lowest BCUT2D eigenvalue weighted by molar-refractivity contribution is 0.385. The molecular formula is C18H16N4O2S. The maximum atomic E-state index is 5.50. The van der Waals surface area contributed by atoms with Crippen molar-refractivity contribution in [3.05, 3.63) is 53.9 Å². The van der Waals surface area contributed by atoms with E-state index < -0.39 is 0 Å². The lowest BCUT2D eigenvalue weighted by Gasteiger charge is -2.16. The van der Waals surface area contributed by atoms with Crippen LogP contribution in [0.4, 0.5) is 5.82 Å². The molecule has 0 aliphatic rings. The second-order valence-electron chi connectivity index (χ2n) is 5.60. The summed E-state index contributed by atoms with van der Waals surface area (Å²) in [7, 11) is 3.63. The predicted octanol–water partition coefficient (Wildman–Crippen LogP) is 3.99. The topological polar surface area (TPSA) is 64.3 Å². The molecule has 0 saturated heterocycles. The first-order valence-corrected chi connectivity index (χ1v) is 8.62. The molecule has 1 aromatic carbocycles. The first-order valence-electron chi connectivity index (χ1n) is 7.74. The zero-order valence-electron chi connectivity index (χ0n) is 13.8. The van der Waals surface area contributed by atoms with E-state index in [0.717, 1.165) is 38.8 Å². The van der Waals surface area contributed by atoms with Crippen molar-refractivity contribution in [2.75, 3.05) is 19.1 Å². The molecular weight excluding hydrogens is 336 g/mol. The molecule has 0 spiro atoms. The molecule has 4 rings (SSSR count). The van der Waals surface area contributed by atoms with Gasteiger partial charge in [-0.1, -0.05) is 5.16 Å². The Morgan fingerprint density at radius 1 is 1.16 bits per heavy atom. The maximum Gasteiger partial charge on any atom is 0.156 e. The minimum absolute atomic E-state index is 0.575. The van der Waals surface area contributed by atoms with Gasteiger partial charge in [-0.25, -0.2) is 9.97 Å². The number of hydrogen-bond acceptors (Lipinski definition) is 7. The molecule has 0 saturated carbocycles. The molecule has 0 atom stereocenters. The van der Waals surface area contributed by atoms with Crippen molar-refractivity contribution in [3.63, 3.8) is 0 Å². The molecule has 3 heterocycles. The van der Waals surface area contributed by atoms with E-state index in [0.29, 0.717) is 6.54 Å². The van der Waals surface area contributed by atoms with Crippen LogP contribution in [0.5, 0.6) is 5.75 Å². The third-order valence-corrected chi connectivity index (χ3v) is 4.76. The highest BCUT2D eigenvalue weighted by molar-refractivity contribution is 7.16. The second-order valence-corrected chi connectivity index (χ2v) is 6.49. The Balaban J connectivity index is 1.55. The van der Waals surface area contributed by atoms with Crippen LogP contribution in [-0.2, 0) is 6.54 Å². The summed E-state index contributed by atoms with van der Waals surface area (Å²) < 4.78 is 10.7. The Hall–Kier alpha value is -2.93. The summed E-state index contributed by atoms with van der Waals surface area (Å²) in [6.45, 7) is 0.575. The van der Waals surface area contributed by atoms with E-state index in [4.69, 9.17) is 9.26 Å². The lowest BCUT2D eigenvalue weighted by Crippen LogP contribution is -2.17. The average molecular weight is 352 g/mol.